The average Bonchev–Trinajstić information content (AvgIpc) is 2.92. The lowest BCUT2D eigenvalue weighted by molar-refractivity contribution is -0.148. The molecule has 1 aliphatic heterocycles. The van der Waals surface area contributed by atoms with Crippen molar-refractivity contribution >= 4 is 23.2 Å². The van der Waals surface area contributed by atoms with Gasteiger partial charge in [0.15, 0.2) is 11.4 Å². The van der Waals surface area contributed by atoms with Crippen molar-refractivity contribution in [1.29, 1.82) is 0 Å². The fourth-order valence-corrected chi connectivity index (χ4v) is 7.48. The summed E-state index contributed by atoms with van der Waals surface area (Å²) in [6.45, 7) is 1.01. The van der Waals surface area contributed by atoms with Crippen molar-refractivity contribution in [3.8, 4) is 5.75 Å². The summed E-state index contributed by atoms with van der Waals surface area (Å²) >= 11 is 0. The van der Waals surface area contributed by atoms with Gasteiger partial charge in [-0.2, -0.15) is 0 Å². The van der Waals surface area contributed by atoms with Crippen LogP contribution < -0.4 is 10.6 Å². The molecule has 1 aromatic rings. The number of likely N-dealkylation sites (N-methyl/N-ethyl adjacent to an activating group) is 1. The number of fused-ring (bicyclic) bond motifs is 3. The van der Waals surface area contributed by atoms with Gasteiger partial charge < -0.3 is 31.1 Å². The van der Waals surface area contributed by atoms with E-state index in [2.05, 4.69) is 0 Å². The van der Waals surface area contributed by atoms with Gasteiger partial charge in [-0.15, -0.1) is 0 Å². The number of piperidine rings is 1. The van der Waals surface area contributed by atoms with E-state index in [1.807, 2.05) is 4.90 Å². The Morgan fingerprint density at radius 1 is 1.14 bits per heavy atom. The molecule has 1 saturated heterocycles. The maximum absolute atomic E-state index is 14.2. The zero-order valence-electron chi connectivity index (χ0n) is 24.6. The smallest absolute Gasteiger partial charge is 0.255 e. The van der Waals surface area contributed by atoms with Gasteiger partial charge in [-0.25, -0.2) is 8.78 Å². The number of rotatable bonds is 6. The summed E-state index contributed by atoms with van der Waals surface area (Å²) < 4.78 is 26.3. The first-order chi connectivity index (χ1) is 20.1. The van der Waals surface area contributed by atoms with E-state index in [1.165, 1.54) is 4.90 Å². The van der Waals surface area contributed by atoms with Crippen LogP contribution in [0.25, 0.3) is 0 Å². The molecule has 4 aliphatic rings. The Balaban J connectivity index is 1.61. The molecule has 3 aliphatic carbocycles. The highest BCUT2D eigenvalue weighted by Crippen LogP contribution is 2.53. The number of ketones is 2. The highest BCUT2D eigenvalue weighted by Gasteiger charge is 2.63. The highest BCUT2D eigenvalue weighted by molar-refractivity contribution is 6.25. The molecule has 1 amide bonds. The van der Waals surface area contributed by atoms with E-state index >= 15 is 0 Å². The Kier molecular flexibility index (Phi) is 7.81. The Hall–Kier alpha value is -3.55. The SMILES string of the molecule is CN(C)c1cc(CN2CCC(C(F)F)CC2)c(O)c2c1C[C@H]1C[C@H]3[C@@H](N(C)C)C(O)=C(C(N)=O)C(=O)[C@@]3(O)C(O)=C1C2=O. The van der Waals surface area contributed by atoms with Crippen molar-refractivity contribution < 1.29 is 43.6 Å². The number of aliphatic hydroxyl groups excluding tert-OH is 2. The fourth-order valence-electron chi connectivity index (χ4n) is 7.48. The Morgan fingerprint density at radius 2 is 1.77 bits per heavy atom. The predicted molar refractivity (Wildman–Crippen MR) is 152 cm³/mol. The quantitative estimate of drug-likeness (QED) is 0.301. The maximum atomic E-state index is 14.2. The van der Waals surface area contributed by atoms with E-state index in [1.54, 1.807) is 39.2 Å². The second kappa shape index (κ2) is 10.9. The number of anilines is 1. The van der Waals surface area contributed by atoms with Crippen LogP contribution in [0.15, 0.2) is 28.7 Å². The van der Waals surface area contributed by atoms with Crippen LogP contribution in [-0.4, -0.2) is 107 Å². The van der Waals surface area contributed by atoms with Gasteiger partial charge in [0.1, 0.15) is 22.8 Å². The van der Waals surface area contributed by atoms with Gasteiger partial charge in [0.2, 0.25) is 12.2 Å². The van der Waals surface area contributed by atoms with Gasteiger partial charge in [-0.05, 0) is 70.4 Å². The molecule has 6 N–H and O–H groups in total. The molecule has 5 rings (SSSR count). The number of nitrogens with zero attached hydrogens (tertiary/aromatic N) is 3. The third-order valence-corrected chi connectivity index (χ3v) is 9.64. The third-order valence-electron chi connectivity index (χ3n) is 9.64. The molecule has 11 nitrogen and oxygen atoms in total. The molecule has 1 aromatic carbocycles. The summed E-state index contributed by atoms with van der Waals surface area (Å²) in [7, 11) is 6.72. The van der Waals surface area contributed by atoms with Crippen LogP contribution in [0.2, 0.25) is 0 Å². The molecule has 0 bridgehead atoms. The van der Waals surface area contributed by atoms with Crippen molar-refractivity contribution in [2.24, 2.45) is 23.5 Å². The van der Waals surface area contributed by atoms with Crippen LogP contribution in [0.1, 0.15) is 40.7 Å². The summed E-state index contributed by atoms with van der Waals surface area (Å²) in [6.07, 6.45) is -1.59. The lowest BCUT2D eigenvalue weighted by atomic mass is 9.58. The van der Waals surface area contributed by atoms with Crippen molar-refractivity contribution in [2.45, 2.75) is 50.3 Å². The van der Waals surface area contributed by atoms with Crippen LogP contribution >= 0.6 is 0 Å². The molecule has 0 unspecified atom stereocenters. The molecule has 0 saturated carbocycles. The number of phenols is 1. The Morgan fingerprint density at radius 3 is 2.30 bits per heavy atom. The number of primary amides is 1. The molecule has 13 heteroatoms. The fraction of sp³-hybridized carbons (Fsp3) is 0.567. The van der Waals surface area contributed by atoms with Crippen LogP contribution in [0, 0.1) is 17.8 Å². The molecule has 1 fully saturated rings. The number of likely N-dealkylation sites (tertiary alicyclic amines) is 1. The number of aliphatic hydroxyl groups is 3. The van der Waals surface area contributed by atoms with Crippen LogP contribution in [0.5, 0.6) is 5.75 Å². The van der Waals surface area contributed by atoms with E-state index < -0.39 is 70.4 Å². The summed E-state index contributed by atoms with van der Waals surface area (Å²) in [5, 5.41) is 45.7. The third kappa shape index (κ3) is 4.68. The standard InChI is InChI=1S/C30H38F2N4O7/c1-34(2)18-11-15(12-36-7-5-13(6-8-36)28(31)32)23(37)20-16(18)9-14-10-17-22(35(3)4)25(39)21(29(33)42)27(41)30(17,43)26(40)19(14)24(20)38/h11,13-14,17,22,28,37,39-40,43H,5-10,12H2,1-4H3,(H2,33,42)/t14-,17-,22+,30-/m0/s1. The van der Waals surface area contributed by atoms with Gasteiger partial charge in [0, 0.05) is 49.3 Å². The highest BCUT2D eigenvalue weighted by atomic mass is 19.3. The molecule has 0 radical (unpaired) electrons. The van der Waals surface area contributed by atoms with Crippen LogP contribution in [-0.2, 0) is 22.6 Å². The van der Waals surface area contributed by atoms with E-state index in [0.717, 1.165) is 0 Å². The number of Topliss-reactive ketones (excluding diaryl/α,β-unsaturated/α-hetero) is 2. The van der Waals surface area contributed by atoms with Crippen molar-refractivity contribution in [3.05, 3.63) is 45.4 Å². The van der Waals surface area contributed by atoms with Crippen molar-refractivity contribution in [3.63, 3.8) is 0 Å². The molecule has 43 heavy (non-hydrogen) atoms. The Labute approximate surface area is 247 Å². The number of phenolic OH excluding ortho intramolecular Hbond substituents is 1. The average molecular weight is 605 g/mol. The van der Waals surface area contributed by atoms with Gasteiger partial charge in [0.25, 0.3) is 5.91 Å². The summed E-state index contributed by atoms with van der Waals surface area (Å²) in [5.41, 5.74) is 3.12. The minimum atomic E-state index is -2.71. The number of alkyl halides is 2. The lowest BCUT2D eigenvalue weighted by Crippen LogP contribution is -2.63. The molecule has 234 valence electrons. The first-order valence-electron chi connectivity index (χ1n) is 14.3. The minimum Gasteiger partial charge on any atom is -0.510 e. The number of hydrogen-bond acceptors (Lipinski definition) is 10. The number of benzene rings is 1. The van der Waals surface area contributed by atoms with Gasteiger partial charge in [-0.1, -0.05) is 0 Å². The largest absolute Gasteiger partial charge is 0.510 e. The maximum Gasteiger partial charge on any atom is 0.255 e. The van der Waals surface area contributed by atoms with E-state index in [0.29, 0.717) is 42.7 Å². The zero-order chi connectivity index (χ0) is 31.7. The monoisotopic (exact) mass is 604 g/mol. The molecule has 0 aromatic heterocycles. The topological polar surface area (TPSA) is 168 Å². The number of nitrogens with two attached hydrogens (primary N) is 1. The van der Waals surface area contributed by atoms with E-state index in [-0.39, 0.29) is 36.3 Å². The minimum absolute atomic E-state index is 0.000223. The number of aromatic hydroxyl groups is 1. The lowest BCUT2D eigenvalue weighted by Gasteiger charge is -2.50. The first kappa shape index (κ1) is 30.9. The van der Waals surface area contributed by atoms with Gasteiger partial charge in [0.05, 0.1) is 11.6 Å². The first-order valence-corrected chi connectivity index (χ1v) is 14.3. The van der Waals surface area contributed by atoms with Crippen molar-refractivity contribution in [2.75, 3.05) is 46.2 Å². The number of hydrogen-bond donors (Lipinski definition) is 5. The molecular formula is C30H38F2N4O7. The number of amides is 1. The van der Waals surface area contributed by atoms with E-state index in [4.69, 9.17) is 5.73 Å². The second-order valence-electron chi connectivity index (χ2n) is 12.6. The zero-order valence-corrected chi connectivity index (χ0v) is 24.6. The van der Waals surface area contributed by atoms with Crippen LogP contribution in [0.4, 0.5) is 14.5 Å². The van der Waals surface area contributed by atoms with E-state index in [9.17, 15) is 43.6 Å². The summed E-state index contributed by atoms with van der Waals surface area (Å²) in [5.74, 6) is -7.65. The second-order valence-corrected chi connectivity index (χ2v) is 12.6. The number of allylic oxidation sites excluding steroid dienone is 1. The number of carbonyl (C=O) groups is 3. The number of carbonyl (C=O) groups excluding carboxylic acids is 3. The molecular weight excluding hydrogens is 566 g/mol. The molecule has 0 spiro atoms. The summed E-state index contributed by atoms with van der Waals surface area (Å²) in [4.78, 5) is 45.1. The van der Waals surface area contributed by atoms with Crippen molar-refractivity contribution in [1.82, 2.24) is 9.80 Å². The molecule has 1 heterocycles. The summed E-state index contributed by atoms with van der Waals surface area (Å²) in [6, 6.07) is 0.707. The molecule has 4 atom stereocenters. The van der Waals surface area contributed by atoms with Gasteiger partial charge in [-0.3, -0.25) is 24.2 Å². The Bertz CT molecular complexity index is 1450. The van der Waals surface area contributed by atoms with Crippen LogP contribution in [0.3, 0.4) is 0 Å². The predicted octanol–water partition coefficient (Wildman–Crippen LogP) is 1.66. The normalized spacial score (nSPS) is 28.3. The number of halogens is 2. The van der Waals surface area contributed by atoms with Gasteiger partial charge >= 0.3 is 0 Å².